The number of carboxylic acid groups (broad SMARTS) is 2. The van der Waals surface area contributed by atoms with Gasteiger partial charge in [-0.15, -0.1) is 0 Å². The van der Waals surface area contributed by atoms with Crippen LogP contribution < -0.4 is 22.1 Å². The highest BCUT2D eigenvalue weighted by Crippen LogP contribution is 2.07. The summed E-state index contributed by atoms with van der Waals surface area (Å²) in [6, 6.07) is -2.70. The van der Waals surface area contributed by atoms with Gasteiger partial charge in [0, 0.05) is 19.5 Å². The van der Waals surface area contributed by atoms with Crippen molar-refractivity contribution in [1.29, 1.82) is 0 Å². The summed E-state index contributed by atoms with van der Waals surface area (Å²) < 4.78 is 0. The van der Waals surface area contributed by atoms with Crippen molar-refractivity contribution in [2.45, 2.75) is 71.4 Å². The third-order valence-electron chi connectivity index (χ3n) is 4.76. The Morgan fingerprint density at radius 2 is 1.62 bits per heavy atom. The second kappa shape index (κ2) is 16.3. The Morgan fingerprint density at radius 3 is 2.12 bits per heavy atom. The van der Waals surface area contributed by atoms with Crippen LogP contribution in [-0.4, -0.2) is 82.5 Å². The van der Waals surface area contributed by atoms with Crippen molar-refractivity contribution in [3.8, 4) is 0 Å². The highest BCUT2D eigenvalue weighted by Gasteiger charge is 2.29. The zero-order valence-electron chi connectivity index (χ0n) is 20.1. The number of hydrogen-bond acceptors (Lipinski definition) is 6. The van der Waals surface area contributed by atoms with E-state index in [-0.39, 0.29) is 43.7 Å². The van der Waals surface area contributed by atoms with Crippen LogP contribution in [0.4, 0.5) is 0 Å². The number of amides is 3. The molecule has 3 amide bonds. The molecule has 2 atom stereocenters. The minimum atomic E-state index is -1.48. The van der Waals surface area contributed by atoms with E-state index in [1.54, 1.807) is 20.8 Å². The monoisotopic (exact) mass is 486 g/mol. The summed E-state index contributed by atoms with van der Waals surface area (Å²) in [6.45, 7) is 5.59. The number of nitrogens with zero attached hydrogens (tertiary/aromatic N) is 2. The van der Waals surface area contributed by atoms with Gasteiger partial charge in [-0.25, -0.2) is 4.79 Å². The molecular formula is C21H38N6O7. The number of unbranched alkanes of at least 4 members (excludes halogenated alkanes) is 2. The van der Waals surface area contributed by atoms with E-state index in [9.17, 15) is 29.1 Å². The Bertz CT molecular complexity index is 737. The Hall–Kier alpha value is -3.38. The molecule has 13 nitrogen and oxygen atoms in total. The van der Waals surface area contributed by atoms with Gasteiger partial charge in [-0.1, -0.05) is 20.3 Å². The molecule has 8 N–H and O–H groups in total. The maximum Gasteiger partial charge on any atom is 0.326 e. The second-order valence-corrected chi connectivity index (χ2v) is 8.27. The van der Waals surface area contributed by atoms with Gasteiger partial charge >= 0.3 is 11.9 Å². The number of aliphatic imine (C=N–C) groups is 1. The summed E-state index contributed by atoms with van der Waals surface area (Å²) in [5, 5.41) is 23.0. The van der Waals surface area contributed by atoms with Crippen molar-refractivity contribution in [2.24, 2.45) is 22.4 Å². The smallest absolute Gasteiger partial charge is 0.326 e. The van der Waals surface area contributed by atoms with Gasteiger partial charge in [-0.05, 0) is 32.1 Å². The zero-order valence-corrected chi connectivity index (χ0v) is 20.1. The molecule has 0 saturated heterocycles. The van der Waals surface area contributed by atoms with E-state index < -0.39 is 42.3 Å². The number of aliphatic carboxylic acids is 2. The van der Waals surface area contributed by atoms with Crippen LogP contribution in [0.3, 0.4) is 0 Å². The van der Waals surface area contributed by atoms with Gasteiger partial charge in [0.25, 0.3) is 0 Å². The summed E-state index contributed by atoms with van der Waals surface area (Å²) in [5.41, 5.74) is 10.5. The predicted octanol–water partition coefficient (Wildman–Crippen LogP) is -0.756. The average Bonchev–Trinajstić information content (AvgIpc) is 2.72. The number of nitrogens with one attached hydrogen (secondary N) is 2. The van der Waals surface area contributed by atoms with Gasteiger partial charge in [0.05, 0.1) is 13.0 Å². The standard InChI is InChI=1S/C21H38N6O7/c1-4-27(17(29)8-6-5-7-9-24-21(22)23)12-16(28)25-14(11-18(30)31)19(32)26-15(20(33)34)10-13(2)3/h13-15H,4-12H2,1-3H3,(H,25,28)(H,26,32)(H,30,31)(H,33,34)(H4,22,23,24)/t14-,15-/m0/s1. The van der Waals surface area contributed by atoms with Crippen molar-refractivity contribution < 1.29 is 34.2 Å². The third kappa shape index (κ3) is 13.9. The van der Waals surface area contributed by atoms with Crippen LogP contribution in [0.2, 0.25) is 0 Å². The summed E-state index contributed by atoms with van der Waals surface area (Å²) >= 11 is 0. The van der Waals surface area contributed by atoms with E-state index in [1.807, 2.05) is 0 Å². The first-order chi connectivity index (χ1) is 15.9. The third-order valence-corrected chi connectivity index (χ3v) is 4.76. The SMILES string of the molecule is CCN(CC(=O)N[C@@H](CC(=O)O)C(=O)N[C@@H](CC(C)C)C(=O)O)C(=O)CCCCCN=C(N)N. The molecule has 0 radical (unpaired) electrons. The quantitative estimate of drug-likeness (QED) is 0.0863. The Morgan fingerprint density at radius 1 is 0.971 bits per heavy atom. The Balaban J connectivity index is 4.91. The highest BCUT2D eigenvalue weighted by molar-refractivity contribution is 5.94. The molecule has 0 fully saturated rings. The van der Waals surface area contributed by atoms with Crippen LogP contribution >= 0.6 is 0 Å². The maximum atomic E-state index is 12.5. The number of carbonyl (C=O) groups excluding carboxylic acids is 3. The van der Waals surface area contributed by atoms with E-state index in [0.29, 0.717) is 25.8 Å². The fourth-order valence-electron chi connectivity index (χ4n) is 3.07. The number of carboxylic acids is 2. The lowest BCUT2D eigenvalue weighted by Gasteiger charge is -2.24. The molecule has 34 heavy (non-hydrogen) atoms. The van der Waals surface area contributed by atoms with Crippen LogP contribution in [0.5, 0.6) is 0 Å². The minimum absolute atomic E-state index is 0.00698. The normalized spacial score (nSPS) is 12.4. The van der Waals surface area contributed by atoms with Crippen LogP contribution in [0.25, 0.3) is 0 Å². The van der Waals surface area contributed by atoms with Gasteiger partial charge in [-0.2, -0.15) is 0 Å². The zero-order chi connectivity index (χ0) is 26.3. The summed E-state index contributed by atoms with van der Waals surface area (Å²) in [7, 11) is 0. The maximum absolute atomic E-state index is 12.5. The number of hydrogen-bond donors (Lipinski definition) is 6. The molecule has 194 valence electrons. The van der Waals surface area contributed by atoms with Crippen molar-refractivity contribution >= 4 is 35.6 Å². The fraction of sp³-hybridized carbons (Fsp3) is 0.714. The molecule has 0 aliphatic carbocycles. The lowest BCUT2D eigenvalue weighted by Crippen LogP contribution is -2.54. The molecule has 0 bridgehead atoms. The molecule has 13 heteroatoms. The molecule has 0 unspecified atom stereocenters. The second-order valence-electron chi connectivity index (χ2n) is 8.27. The van der Waals surface area contributed by atoms with Gasteiger partial charge in [0.15, 0.2) is 5.96 Å². The number of carbonyl (C=O) groups is 5. The number of nitrogens with two attached hydrogens (primary N) is 2. The van der Waals surface area contributed by atoms with Crippen molar-refractivity contribution in [3.05, 3.63) is 0 Å². The predicted molar refractivity (Wildman–Crippen MR) is 125 cm³/mol. The Kier molecular flexibility index (Phi) is 14.6. The van der Waals surface area contributed by atoms with Gasteiger partial charge in [0.2, 0.25) is 17.7 Å². The molecular weight excluding hydrogens is 448 g/mol. The first-order valence-electron chi connectivity index (χ1n) is 11.2. The lowest BCUT2D eigenvalue weighted by atomic mass is 10.0. The number of guanidine groups is 1. The van der Waals surface area contributed by atoms with Crippen LogP contribution in [0, 0.1) is 5.92 Å². The molecule has 0 saturated carbocycles. The average molecular weight is 487 g/mol. The molecule has 0 aromatic heterocycles. The molecule has 0 aliphatic rings. The van der Waals surface area contributed by atoms with Gasteiger partial charge in [0.1, 0.15) is 12.1 Å². The van der Waals surface area contributed by atoms with E-state index in [0.717, 1.165) is 0 Å². The molecule has 0 rings (SSSR count). The Labute approximate surface area is 199 Å². The van der Waals surface area contributed by atoms with Gasteiger partial charge in [-0.3, -0.25) is 24.2 Å². The largest absolute Gasteiger partial charge is 0.481 e. The van der Waals surface area contributed by atoms with Crippen LogP contribution in [-0.2, 0) is 24.0 Å². The topological polar surface area (TPSA) is 218 Å². The first-order valence-corrected chi connectivity index (χ1v) is 11.2. The van der Waals surface area contributed by atoms with Gasteiger partial charge < -0.3 is 37.2 Å². The molecule has 0 heterocycles. The minimum Gasteiger partial charge on any atom is -0.481 e. The molecule has 0 spiro atoms. The van der Waals surface area contributed by atoms with E-state index >= 15 is 0 Å². The number of likely N-dealkylation sites (N-methyl/N-ethyl adjacent to an activating group) is 1. The summed E-state index contributed by atoms with van der Waals surface area (Å²) in [5.74, 6) is -4.54. The van der Waals surface area contributed by atoms with E-state index in [2.05, 4.69) is 15.6 Å². The first kappa shape index (κ1) is 30.6. The van der Waals surface area contributed by atoms with Crippen molar-refractivity contribution in [2.75, 3.05) is 19.6 Å². The summed E-state index contributed by atoms with van der Waals surface area (Å²) in [4.78, 5) is 65.1. The molecule has 0 aromatic carbocycles. The van der Waals surface area contributed by atoms with Crippen LogP contribution in [0.1, 0.15) is 59.3 Å². The summed E-state index contributed by atoms with van der Waals surface area (Å²) in [6.07, 6.45) is 1.61. The molecule has 0 aliphatic heterocycles. The van der Waals surface area contributed by atoms with Crippen LogP contribution in [0.15, 0.2) is 4.99 Å². The van der Waals surface area contributed by atoms with Crippen molar-refractivity contribution in [1.82, 2.24) is 15.5 Å². The number of rotatable bonds is 17. The highest BCUT2D eigenvalue weighted by atomic mass is 16.4. The van der Waals surface area contributed by atoms with E-state index in [4.69, 9.17) is 16.6 Å². The van der Waals surface area contributed by atoms with E-state index in [1.165, 1.54) is 4.90 Å². The fourth-order valence-corrected chi connectivity index (χ4v) is 3.07. The lowest BCUT2D eigenvalue weighted by molar-refractivity contribution is -0.144. The molecule has 0 aromatic rings. The van der Waals surface area contributed by atoms with Crippen molar-refractivity contribution in [3.63, 3.8) is 0 Å².